The summed E-state index contributed by atoms with van der Waals surface area (Å²) in [5, 5.41) is 0. The molecule has 0 radical (unpaired) electrons. The van der Waals surface area contributed by atoms with Crippen molar-refractivity contribution in [1.82, 2.24) is 0 Å². The highest BCUT2D eigenvalue weighted by molar-refractivity contribution is 5.70. The Hall–Kier alpha value is -1.58. The molecule has 0 N–H and O–H groups in total. The Bertz CT molecular complexity index is 315. The predicted molar refractivity (Wildman–Crippen MR) is 60.1 cm³/mol. The molecule has 0 fully saturated rings. The topological polar surface area (TPSA) is 56.5 Å². The van der Waals surface area contributed by atoms with E-state index in [0.717, 1.165) is 6.42 Å². The van der Waals surface area contributed by atoms with Crippen molar-refractivity contribution in [3.63, 3.8) is 0 Å². The zero-order chi connectivity index (χ0) is 12.4. The van der Waals surface area contributed by atoms with Crippen LogP contribution < -0.4 is 0 Å². The second-order valence-electron chi connectivity index (χ2n) is 2.83. The van der Waals surface area contributed by atoms with Crippen LogP contribution in [0.15, 0.2) is 16.5 Å². The van der Waals surface area contributed by atoms with Gasteiger partial charge in [-0.3, -0.25) is 9.59 Å². The van der Waals surface area contributed by atoms with Crippen molar-refractivity contribution < 1.29 is 18.7 Å². The van der Waals surface area contributed by atoms with Gasteiger partial charge >= 0.3 is 5.97 Å². The van der Waals surface area contributed by atoms with Gasteiger partial charge in [0.15, 0.2) is 12.0 Å². The van der Waals surface area contributed by atoms with Crippen LogP contribution in [-0.2, 0) is 16.1 Å². The summed E-state index contributed by atoms with van der Waals surface area (Å²) in [6.07, 6.45) is 1.77. The molecule has 0 atom stereocenters. The normalized spacial score (nSPS) is 8.94. The van der Waals surface area contributed by atoms with Gasteiger partial charge in [0.25, 0.3) is 0 Å². The van der Waals surface area contributed by atoms with Crippen molar-refractivity contribution in [3.8, 4) is 0 Å². The standard InChI is InChI=1S/C10H12O4.C2H6/c1-2-3-10(12)13-7-9-5-4-8(6-11)14-9;1-2/h4-6H,2-3,7H2,1H3;1-2H3. The van der Waals surface area contributed by atoms with E-state index in [2.05, 4.69) is 0 Å². The highest BCUT2D eigenvalue weighted by Gasteiger charge is 2.04. The second-order valence-corrected chi connectivity index (χ2v) is 2.83. The van der Waals surface area contributed by atoms with Crippen LogP contribution in [-0.4, -0.2) is 12.3 Å². The van der Waals surface area contributed by atoms with Crippen LogP contribution >= 0.6 is 0 Å². The Morgan fingerprint density at radius 2 is 2.12 bits per heavy atom. The summed E-state index contributed by atoms with van der Waals surface area (Å²) in [7, 11) is 0. The quantitative estimate of drug-likeness (QED) is 0.572. The third kappa shape index (κ3) is 5.34. The van der Waals surface area contributed by atoms with Crippen molar-refractivity contribution in [1.29, 1.82) is 0 Å². The number of hydrogen-bond acceptors (Lipinski definition) is 4. The molecule has 1 heterocycles. The van der Waals surface area contributed by atoms with E-state index in [0.29, 0.717) is 18.5 Å². The molecular weight excluding hydrogens is 208 g/mol. The number of carbonyl (C=O) groups excluding carboxylic acids is 2. The molecule has 0 saturated heterocycles. The van der Waals surface area contributed by atoms with Crippen molar-refractivity contribution in [2.75, 3.05) is 0 Å². The number of aldehydes is 1. The van der Waals surface area contributed by atoms with Gasteiger partial charge in [0, 0.05) is 6.42 Å². The van der Waals surface area contributed by atoms with Gasteiger partial charge in [0.2, 0.25) is 0 Å². The van der Waals surface area contributed by atoms with Crippen LogP contribution in [0, 0.1) is 0 Å². The summed E-state index contributed by atoms with van der Waals surface area (Å²) in [6.45, 7) is 5.99. The fourth-order valence-electron chi connectivity index (χ4n) is 0.963. The summed E-state index contributed by atoms with van der Waals surface area (Å²) in [5.74, 6) is 0.472. The molecule has 0 unspecified atom stereocenters. The zero-order valence-corrected chi connectivity index (χ0v) is 9.99. The van der Waals surface area contributed by atoms with Gasteiger partial charge in [-0.25, -0.2) is 0 Å². The van der Waals surface area contributed by atoms with E-state index in [1.54, 1.807) is 6.07 Å². The number of rotatable bonds is 5. The van der Waals surface area contributed by atoms with Gasteiger partial charge in [0.05, 0.1) is 0 Å². The third-order valence-electron chi connectivity index (χ3n) is 1.63. The van der Waals surface area contributed by atoms with E-state index in [-0.39, 0.29) is 18.3 Å². The van der Waals surface area contributed by atoms with Crippen molar-refractivity contribution in [2.24, 2.45) is 0 Å². The molecule has 0 aromatic carbocycles. The van der Waals surface area contributed by atoms with Gasteiger partial charge < -0.3 is 9.15 Å². The molecule has 0 aliphatic rings. The minimum atomic E-state index is -0.253. The van der Waals surface area contributed by atoms with E-state index in [1.807, 2.05) is 20.8 Å². The maximum Gasteiger partial charge on any atom is 0.306 e. The maximum atomic E-state index is 11.0. The number of esters is 1. The SMILES string of the molecule is CC.CCCC(=O)OCc1ccc(C=O)o1. The Morgan fingerprint density at radius 1 is 1.44 bits per heavy atom. The minimum absolute atomic E-state index is 0.0900. The van der Waals surface area contributed by atoms with Crippen LogP contribution in [0.3, 0.4) is 0 Å². The predicted octanol–water partition coefficient (Wildman–Crippen LogP) is 2.96. The summed E-state index contributed by atoms with van der Waals surface area (Å²) in [6, 6.07) is 3.15. The number of furan rings is 1. The molecule has 1 aromatic rings. The van der Waals surface area contributed by atoms with Gasteiger partial charge in [-0.05, 0) is 18.6 Å². The minimum Gasteiger partial charge on any atom is -0.457 e. The monoisotopic (exact) mass is 226 g/mol. The first-order valence-corrected chi connectivity index (χ1v) is 5.45. The molecule has 90 valence electrons. The number of carbonyl (C=O) groups is 2. The molecule has 4 heteroatoms. The lowest BCUT2D eigenvalue weighted by atomic mass is 10.3. The first-order valence-electron chi connectivity index (χ1n) is 5.45. The highest BCUT2D eigenvalue weighted by atomic mass is 16.5. The van der Waals surface area contributed by atoms with Crippen LogP contribution in [0.4, 0.5) is 0 Å². The molecule has 0 saturated carbocycles. The zero-order valence-electron chi connectivity index (χ0n) is 9.99. The second kappa shape index (κ2) is 8.71. The molecule has 1 rings (SSSR count). The van der Waals surface area contributed by atoms with Crippen LogP contribution in [0.25, 0.3) is 0 Å². The Morgan fingerprint density at radius 3 is 2.62 bits per heavy atom. The average molecular weight is 226 g/mol. The molecule has 0 aliphatic carbocycles. The molecule has 0 aliphatic heterocycles. The Labute approximate surface area is 95.6 Å². The van der Waals surface area contributed by atoms with Gasteiger partial charge in [-0.2, -0.15) is 0 Å². The summed E-state index contributed by atoms with van der Waals surface area (Å²) < 4.78 is 9.89. The van der Waals surface area contributed by atoms with E-state index in [1.165, 1.54) is 6.07 Å². The number of hydrogen-bond donors (Lipinski definition) is 0. The van der Waals surface area contributed by atoms with Crippen molar-refractivity contribution in [2.45, 2.75) is 40.2 Å². The van der Waals surface area contributed by atoms with E-state index >= 15 is 0 Å². The maximum absolute atomic E-state index is 11.0. The van der Waals surface area contributed by atoms with Gasteiger partial charge in [-0.1, -0.05) is 20.8 Å². The van der Waals surface area contributed by atoms with Gasteiger partial charge in [-0.15, -0.1) is 0 Å². The fraction of sp³-hybridized carbons (Fsp3) is 0.500. The summed E-state index contributed by atoms with van der Waals surface area (Å²) >= 11 is 0. The number of ether oxygens (including phenoxy) is 1. The Kier molecular flexibility index (Phi) is 7.85. The van der Waals surface area contributed by atoms with Crippen molar-refractivity contribution >= 4 is 12.3 Å². The smallest absolute Gasteiger partial charge is 0.306 e. The molecule has 0 amide bonds. The van der Waals surface area contributed by atoms with Crippen LogP contribution in [0.2, 0.25) is 0 Å². The molecule has 4 nitrogen and oxygen atoms in total. The molecule has 0 bridgehead atoms. The lowest BCUT2D eigenvalue weighted by molar-refractivity contribution is -0.145. The molecular formula is C12H18O4. The lowest BCUT2D eigenvalue weighted by Crippen LogP contribution is -2.02. The Balaban J connectivity index is 0.00000106. The average Bonchev–Trinajstić information content (AvgIpc) is 2.77. The van der Waals surface area contributed by atoms with E-state index in [9.17, 15) is 9.59 Å². The first-order chi connectivity index (χ1) is 7.76. The van der Waals surface area contributed by atoms with E-state index in [4.69, 9.17) is 9.15 Å². The van der Waals surface area contributed by atoms with Crippen LogP contribution in [0.5, 0.6) is 0 Å². The highest BCUT2D eigenvalue weighted by Crippen LogP contribution is 2.07. The first kappa shape index (κ1) is 14.4. The van der Waals surface area contributed by atoms with Crippen molar-refractivity contribution in [3.05, 3.63) is 23.7 Å². The van der Waals surface area contributed by atoms with Gasteiger partial charge in [0.1, 0.15) is 12.4 Å². The molecule has 1 aromatic heterocycles. The largest absolute Gasteiger partial charge is 0.457 e. The molecule has 0 spiro atoms. The van der Waals surface area contributed by atoms with E-state index < -0.39 is 0 Å². The lowest BCUT2D eigenvalue weighted by Gasteiger charge is -2.00. The molecule has 16 heavy (non-hydrogen) atoms. The third-order valence-corrected chi connectivity index (χ3v) is 1.63. The summed E-state index contributed by atoms with van der Waals surface area (Å²) in [5.41, 5.74) is 0. The summed E-state index contributed by atoms with van der Waals surface area (Å²) in [4.78, 5) is 21.2. The van der Waals surface area contributed by atoms with Crippen LogP contribution in [0.1, 0.15) is 49.9 Å². The fourth-order valence-corrected chi connectivity index (χ4v) is 0.963.